The zero-order valence-electron chi connectivity index (χ0n) is 11.3. The van der Waals surface area contributed by atoms with Gasteiger partial charge < -0.3 is 14.6 Å². The molecule has 0 radical (unpaired) electrons. The predicted octanol–water partition coefficient (Wildman–Crippen LogP) is 1.56. The van der Waals surface area contributed by atoms with Crippen LogP contribution in [-0.4, -0.2) is 32.2 Å². The van der Waals surface area contributed by atoms with Crippen LogP contribution in [0, 0.1) is 5.41 Å². The Balaban J connectivity index is 1.81. The van der Waals surface area contributed by atoms with Crippen molar-refractivity contribution in [2.24, 2.45) is 5.41 Å². The summed E-state index contributed by atoms with van der Waals surface area (Å²) in [6.45, 7) is 2.08. The summed E-state index contributed by atoms with van der Waals surface area (Å²) < 4.78 is 5.10. The van der Waals surface area contributed by atoms with E-state index in [1.165, 1.54) is 12.8 Å². The van der Waals surface area contributed by atoms with Gasteiger partial charge in [-0.3, -0.25) is 4.98 Å². The van der Waals surface area contributed by atoms with E-state index in [0.717, 1.165) is 24.3 Å². The Hall–Kier alpha value is -1.75. The van der Waals surface area contributed by atoms with Gasteiger partial charge >= 0.3 is 5.76 Å². The highest BCUT2D eigenvalue weighted by Crippen LogP contribution is 2.46. The molecule has 1 aliphatic rings. The number of fused-ring (bicyclic) bond motifs is 1. The number of aromatic nitrogens is 1. The highest BCUT2D eigenvalue weighted by Gasteiger charge is 2.42. The van der Waals surface area contributed by atoms with Gasteiger partial charge in [0.05, 0.1) is 5.52 Å². The third-order valence-electron chi connectivity index (χ3n) is 3.93. The number of aromatic amines is 1. The highest BCUT2D eigenvalue weighted by molar-refractivity contribution is 5.77. The van der Waals surface area contributed by atoms with Gasteiger partial charge in [0.1, 0.15) is 0 Å². The van der Waals surface area contributed by atoms with Crippen molar-refractivity contribution in [3.05, 3.63) is 28.7 Å². The fourth-order valence-corrected chi connectivity index (χ4v) is 2.71. The molecule has 0 amide bonds. The lowest BCUT2D eigenvalue weighted by Gasteiger charge is -2.25. The summed E-state index contributed by atoms with van der Waals surface area (Å²) in [7, 11) is 4.09. The molecule has 1 saturated carbocycles. The first-order valence-electron chi connectivity index (χ1n) is 6.61. The van der Waals surface area contributed by atoms with Crippen molar-refractivity contribution >= 4 is 16.8 Å². The molecule has 102 valence electrons. The summed E-state index contributed by atoms with van der Waals surface area (Å²) >= 11 is 0. The molecule has 0 saturated heterocycles. The normalized spacial score (nSPS) is 16.7. The molecule has 0 aliphatic heterocycles. The number of nitrogens with one attached hydrogen (secondary N) is 2. The third kappa shape index (κ3) is 2.38. The van der Waals surface area contributed by atoms with Crippen molar-refractivity contribution in [2.75, 3.05) is 32.1 Å². The van der Waals surface area contributed by atoms with Gasteiger partial charge in [0.25, 0.3) is 0 Å². The van der Waals surface area contributed by atoms with Crippen molar-refractivity contribution in [2.45, 2.75) is 12.8 Å². The molecule has 0 spiro atoms. The van der Waals surface area contributed by atoms with Crippen molar-refractivity contribution in [3.8, 4) is 0 Å². The molecular formula is C14H19N3O2. The van der Waals surface area contributed by atoms with Crippen molar-refractivity contribution < 1.29 is 4.42 Å². The zero-order valence-corrected chi connectivity index (χ0v) is 11.3. The molecule has 3 rings (SSSR count). The van der Waals surface area contributed by atoms with E-state index in [-0.39, 0.29) is 0 Å². The summed E-state index contributed by atoms with van der Waals surface area (Å²) in [5.74, 6) is -0.399. The standard InChI is InChI=1S/C14H19N3O2/c1-15-8-14(5-6-14)9-17(2)10-3-4-11-12(7-10)19-13(18)16-11/h3-4,7,15H,5-6,8-9H2,1-2H3,(H,16,18). The minimum absolute atomic E-state index is 0.399. The van der Waals surface area contributed by atoms with Crippen LogP contribution in [0.2, 0.25) is 0 Å². The molecule has 1 fully saturated rings. The fourth-order valence-electron chi connectivity index (χ4n) is 2.71. The molecule has 0 atom stereocenters. The van der Waals surface area contributed by atoms with Crippen LogP contribution in [0.1, 0.15) is 12.8 Å². The lowest BCUT2D eigenvalue weighted by atomic mass is 10.1. The Morgan fingerprint density at radius 2 is 2.26 bits per heavy atom. The zero-order chi connectivity index (χ0) is 13.5. The summed E-state index contributed by atoms with van der Waals surface area (Å²) in [5, 5.41) is 3.27. The molecule has 5 heteroatoms. The number of hydrogen-bond donors (Lipinski definition) is 2. The lowest BCUT2D eigenvalue weighted by Crippen LogP contribution is -2.32. The van der Waals surface area contributed by atoms with Crippen LogP contribution in [-0.2, 0) is 0 Å². The molecule has 1 heterocycles. The van der Waals surface area contributed by atoms with Gasteiger partial charge in [0.2, 0.25) is 0 Å². The maximum absolute atomic E-state index is 11.1. The second-order valence-corrected chi connectivity index (χ2v) is 5.58. The smallest absolute Gasteiger partial charge is 0.408 e. The number of benzene rings is 1. The Bertz CT molecular complexity index is 639. The maximum Gasteiger partial charge on any atom is 0.417 e. The van der Waals surface area contributed by atoms with Crippen molar-refractivity contribution in [1.29, 1.82) is 0 Å². The van der Waals surface area contributed by atoms with Crippen LogP contribution >= 0.6 is 0 Å². The van der Waals surface area contributed by atoms with E-state index in [4.69, 9.17) is 4.42 Å². The van der Waals surface area contributed by atoms with Gasteiger partial charge in [0.15, 0.2) is 5.58 Å². The van der Waals surface area contributed by atoms with E-state index in [9.17, 15) is 4.79 Å². The first-order valence-corrected chi connectivity index (χ1v) is 6.61. The van der Waals surface area contributed by atoms with E-state index in [1.807, 2.05) is 25.2 Å². The SMILES string of the molecule is CNCC1(CN(C)c2ccc3[nH]c(=O)oc3c2)CC1. The molecule has 5 nitrogen and oxygen atoms in total. The Kier molecular flexibility index (Phi) is 2.86. The molecule has 2 aromatic rings. The molecule has 1 aromatic carbocycles. The van der Waals surface area contributed by atoms with E-state index in [1.54, 1.807) is 0 Å². The van der Waals surface area contributed by atoms with Gasteiger partial charge in [-0.25, -0.2) is 4.79 Å². The average Bonchev–Trinajstić information content (AvgIpc) is 3.01. The topological polar surface area (TPSA) is 61.3 Å². The van der Waals surface area contributed by atoms with E-state index >= 15 is 0 Å². The summed E-state index contributed by atoms with van der Waals surface area (Å²) in [6, 6.07) is 5.83. The van der Waals surface area contributed by atoms with Crippen LogP contribution in [0.25, 0.3) is 11.1 Å². The first-order chi connectivity index (χ1) is 9.12. The molecule has 1 aliphatic carbocycles. The van der Waals surface area contributed by atoms with Crippen LogP contribution < -0.4 is 16.0 Å². The summed E-state index contributed by atoms with van der Waals surface area (Å²) in [4.78, 5) is 16.0. The third-order valence-corrected chi connectivity index (χ3v) is 3.93. The molecule has 0 unspecified atom stereocenters. The largest absolute Gasteiger partial charge is 0.417 e. The Morgan fingerprint density at radius 1 is 1.47 bits per heavy atom. The predicted molar refractivity (Wildman–Crippen MR) is 75.7 cm³/mol. The maximum atomic E-state index is 11.1. The van der Waals surface area contributed by atoms with Gasteiger partial charge in [-0.1, -0.05) is 0 Å². The summed E-state index contributed by atoms with van der Waals surface area (Å²) in [6.07, 6.45) is 2.55. The highest BCUT2D eigenvalue weighted by atomic mass is 16.4. The van der Waals surface area contributed by atoms with Gasteiger partial charge in [0, 0.05) is 37.3 Å². The van der Waals surface area contributed by atoms with Crippen LogP contribution in [0.5, 0.6) is 0 Å². The van der Waals surface area contributed by atoms with Crippen LogP contribution in [0.4, 0.5) is 5.69 Å². The molecule has 0 bridgehead atoms. The summed E-state index contributed by atoms with van der Waals surface area (Å²) in [5.41, 5.74) is 2.86. The van der Waals surface area contributed by atoms with Gasteiger partial charge in [-0.15, -0.1) is 0 Å². The van der Waals surface area contributed by atoms with Crippen LogP contribution in [0.3, 0.4) is 0 Å². The van der Waals surface area contributed by atoms with Crippen molar-refractivity contribution in [3.63, 3.8) is 0 Å². The van der Waals surface area contributed by atoms with Crippen LogP contribution in [0.15, 0.2) is 27.4 Å². The molecular weight excluding hydrogens is 242 g/mol. The molecule has 19 heavy (non-hydrogen) atoms. The van der Waals surface area contributed by atoms with E-state index < -0.39 is 5.76 Å². The van der Waals surface area contributed by atoms with E-state index in [0.29, 0.717) is 11.0 Å². The number of rotatable bonds is 5. The molecule has 1 aromatic heterocycles. The average molecular weight is 261 g/mol. The quantitative estimate of drug-likeness (QED) is 0.857. The minimum Gasteiger partial charge on any atom is -0.408 e. The number of hydrogen-bond acceptors (Lipinski definition) is 4. The van der Waals surface area contributed by atoms with Gasteiger partial charge in [-0.2, -0.15) is 0 Å². The number of oxazole rings is 1. The first kappa shape index (κ1) is 12.3. The van der Waals surface area contributed by atoms with Crippen molar-refractivity contribution in [1.82, 2.24) is 10.3 Å². The van der Waals surface area contributed by atoms with Gasteiger partial charge in [-0.05, 0) is 32.0 Å². The molecule has 2 N–H and O–H groups in total. The fraction of sp³-hybridized carbons (Fsp3) is 0.500. The Morgan fingerprint density at radius 3 is 2.95 bits per heavy atom. The van der Waals surface area contributed by atoms with E-state index in [2.05, 4.69) is 22.2 Å². The monoisotopic (exact) mass is 261 g/mol. The second kappa shape index (κ2) is 4.42. The number of nitrogens with zero attached hydrogens (tertiary/aromatic N) is 1. The number of H-pyrrole nitrogens is 1. The lowest BCUT2D eigenvalue weighted by molar-refractivity contribution is 0.482. The number of anilines is 1. The Labute approximate surface area is 111 Å². The minimum atomic E-state index is -0.399. The second-order valence-electron chi connectivity index (χ2n) is 5.58.